The van der Waals surface area contributed by atoms with Crippen LogP contribution in [-0.2, 0) is 9.53 Å². The van der Waals surface area contributed by atoms with E-state index in [1.165, 1.54) is 6.42 Å². The summed E-state index contributed by atoms with van der Waals surface area (Å²) in [5.74, 6) is 3.19. The van der Waals surface area contributed by atoms with Crippen LogP contribution in [0.2, 0.25) is 0 Å². The van der Waals surface area contributed by atoms with Gasteiger partial charge in [0.05, 0.1) is 12.6 Å². The summed E-state index contributed by atoms with van der Waals surface area (Å²) in [5, 5.41) is 0. The third kappa shape index (κ3) is 5.00. The summed E-state index contributed by atoms with van der Waals surface area (Å²) < 4.78 is 5.82. The minimum atomic E-state index is 0.171. The van der Waals surface area contributed by atoms with E-state index in [1.54, 1.807) is 0 Å². The molecule has 0 radical (unpaired) electrons. The lowest BCUT2D eigenvalue weighted by Crippen LogP contribution is -2.46. The lowest BCUT2D eigenvalue weighted by atomic mass is 9.94. The molecule has 0 spiro atoms. The number of ether oxygens (including phenoxy) is 1. The van der Waals surface area contributed by atoms with Crippen LogP contribution < -0.4 is 0 Å². The van der Waals surface area contributed by atoms with Gasteiger partial charge in [0.25, 0.3) is 0 Å². The fraction of sp³-hybridized carbons (Fsp3) is 0.833. The second-order valence-electron chi connectivity index (χ2n) is 6.53. The second kappa shape index (κ2) is 9.17. The van der Waals surface area contributed by atoms with Crippen LogP contribution in [0.3, 0.4) is 0 Å². The largest absolute Gasteiger partial charge is 0.376 e. The summed E-state index contributed by atoms with van der Waals surface area (Å²) >= 11 is 0. The third-order valence-corrected chi connectivity index (χ3v) is 4.75. The molecular weight excluding hydrogens is 276 g/mol. The Morgan fingerprint density at radius 1 is 1.32 bits per heavy atom. The van der Waals surface area contributed by atoms with Crippen LogP contribution in [0.1, 0.15) is 45.4 Å². The Kier molecular flexibility index (Phi) is 7.21. The van der Waals surface area contributed by atoms with E-state index in [0.29, 0.717) is 12.5 Å². The summed E-state index contributed by atoms with van der Waals surface area (Å²) in [7, 11) is 0. The Bertz CT molecular complexity index is 377. The van der Waals surface area contributed by atoms with E-state index in [9.17, 15) is 4.79 Å². The number of carbonyl (C=O) groups is 1. The van der Waals surface area contributed by atoms with E-state index in [-0.39, 0.29) is 12.0 Å². The van der Waals surface area contributed by atoms with Gasteiger partial charge in [0.2, 0.25) is 5.91 Å². The molecule has 2 aliphatic rings. The molecule has 2 aliphatic heterocycles. The molecule has 0 bridgehead atoms. The number of terminal acetylenes is 1. The molecule has 2 heterocycles. The quantitative estimate of drug-likeness (QED) is 0.705. The van der Waals surface area contributed by atoms with Crippen LogP contribution in [0.5, 0.6) is 0 Å². The van der Waals surface area contributed by atoms with Crippen molar-refractivity contribution in [3.05, 3.63) is 0 Å². The number of nitrogens with zero attached hydrogens (tertiary/aromatic N) is 2. The monoisotopic (exact) mass is 306 g/mol. The van der Waals surface area contributed by atoms with Crippen molar-refractivity contribution in [1.29, 1.82) is 0 Å². The summed E-state index contributed by atoms with van der Waals surface area (Å²) in [4.78, 5) is 17.2. The van der Waals surface area contributed by atoms with Gasteiger partial charge >= 0.3 is 0 Å². The molecule has 0 aromatic carbocycles. The van der Waals surface area contributed by atoms with Crippen molar-refractivity contribution in [3.8, 4) is 12.3 Å². The highest BCUT2D eigenvalue weighted by molar-refractivity contribution is 5.79. The van der Waals surface area contributed by atoms with Crippen LogP contribution in [-0.4, -0.2) is 61.1 Å². The van der Waals surface area contributed by atoms with Gasteiger partial charge in [-0.2, -0.15) is 0 Å². The van der Waals surface area contributed by atoms with Crippen molar-refractivity contribution in [2.75, 3.05) is 39.3 Å². The minimum absolute atomic E-state index is 0.171. The molecule has 4 heteroatoms. The second-order valence-corrected chi connectivity index (χ2v) is 6.53. The predicted molar refractivity (Wildman–Crippen MR) is 88.5 cm³/mol. The molecule has 22 heavy (non-hydrogen) atoms. The van der Waals surface area contributed by atoms with Crippen LogP contribution in [0.15, 0.2) is 0 Å². The molecule has 4 nitrogen and oxygen atoms in total. The average Bonchev–Trinajstić information content (AvgIpc) is 2.56. The summed E-state index contributed by atoms with van der Waals surface area (Å²) in [5.41, 5.74) is 0. The van der Waals surface area contributed by atoms with E-state index in [0.717, 1.165) is 64.9 Å². The number of likely N-dealkylation sites (tertiary alicyclic amines) is 1. The molecule has 0 unspecified atom stereocenters. The first-order valence-corrected chi connectivity index (χ1v) is 8.80. The number of piperidine rings is 1. The first kappa shape index (κ1) is 17.3. The molecule has 124 valence electrons. The molecule has 0 saturated carbocycles. The maximum atomic E-state index is 12.8. The molecule has 1 atom stereocenters. The standard InChI is InChI=1S/C18H30N2O2/c1-3-10-19-12-8-16(9-13-19)18(21)20(11-4-2)15-17-7-5-6-14-22-17/h1,16-17H,4-15H2,2H3/t17-/m0/s1. The average molecular weight is 306 g/mol. The minimum Gasteiger partial charge on any atom is -0.376 e. The van der Waals surface area contributed by atoms with Crippen LogP contribution in [0.4, 0.5) is 0 Å². The van der Waals surface area contributed by atoms with E-state index < -0.39 is 0 Å². The highest BCUT2D eigenvalue weighted by Gasteiger charge is 2.29. The van der Waals surface area contributed by atoms with Gasteiger partial charge in [-0.25, -0.2) is 0 Å². The number of amides is 1. The predicted octanol–water partition coefficient (Wildman–Crippen LogP) is 2.14. The molecule has 2 fully saturated rings. The van der Waals surface area contributed by atoms with E-state index in [2.05, 4.69) is 22.6 Å². The molecule has 0 aromatic heterocycles. The van der Waals surface area contributed by atoms with Gasteiger partial charge in [-0.15, -0.1) is 6.42 Å². The zero-order chi connectivity index (χ0) is 15.8. The maximum absolute atomic E-state index is 12.8. The maximum Gasteiger partial charge on any atom is 0.225 e. The number of hydrogen-bond donors (Lipinski definition) is 0. The van der Waals surface area contributed by atoms with Crippen LogP contribution in [0, 0.1) is 18.3 Å². The van der Waals surface area contributed by atoms with Gasteiger partial charge in [0.1, 0.15) is 0 Å². The van der Waals surface area contributed by atoms with Gasteiger partial charge in [-0.05, 0) is 51.6 Å². The molecule has 1 amide bonds. The number of hydrogen-bond acceptors (Lipinski definition) is 3. The van der Waals surface area contributed by atoms with Crippen molar-refractivity contribution in [3.63, 3.8) is 0 Å². The Labute approximate surface area is 135 Å². The molecular formula is C18H30N2O2. The smallest absolute Gasteiger partial charge is 0.225 e. The lowest BCUT2D eigenvalue weighted by molar-refractivity contribution is -0.139. The van der Waals surface area contributed by atoms with Crippen LogP contribution >= 0.6 is 0 Å². The zero-order valence-corrected chi connectivity index (χ0v) is 13.9. The van der Waals surface area contributed by atoms with E-state index >= 15 is 0 Å². The zero-order valence-electron chi connectivity index (χ0n) is 13.9. The first-order chi connectivity index (χ1) is 10.7. The number of carbonyl (C=O) groups excluding carboxylic acids is 1. The SMILES string of the molecule is C#CCN1CCC(C(=O)N(CCC)C[C@@H]2CCCCO2)CC1. The van der Waals surface area contributed by atoms with Crippen molar-refractivity contribution in [1.82, 2.24) is 9.80 Å². The summed E-state index contributed by atoms with van der Waals surface area (Å²) in [6.07, 6.45) is 12.0. The van der Waals surface area contributed by atoms with Gasteiger partial charge in [0, 0.05) is 25.6 Å². The molecule has 0 aromatic rings. The Hall–Kier alpha value is -1.05. The van der Waals surface area contributed by atoms with E-state index in [4.69, 9.17) is 11.2 Å². The fourth-order valence-corrected chi connectivity index (χ4v) is 3.48. The van der Waals surface area contributed by atoms with Crippen molar-refractivity contribution in [2.24, 2.45) is 5.92 Å². The summed E-state index contributed by atoms with van der Waals surface area (Å²) in [6.45, 7) is 7.21. The lowest BCUT2D eigenvalue weighted by Gasteiger charge is -2.35. The highest BCUT2D eigenvalue weighted by Crippen LogP contribution is 2.21. The van der Waals surface area contributed by atoms with Gasteiger partial charge in [-0.3, -0.25) is 9.69 Å². The summed E-state index contributed by atoms with van der Waals surface area (Å²) in [6, 6.07) is 0. The third-order valence-electron chi connectivity index (χ3n) is 4.75. The van der Waals surface area contributed by atoms with Gasteiger partial charge in [0.15, 0.2) is 0 Å². The Morgan fingerprint density at radius 3 is 2.68 bits per heavy atom. The highest BCUT2D eigenvalue weighted by atomic mass is 16.5. The molecule has 0 N–H and O–H groups in total. The topological polar surface area (TPSA) is 32.8 Å². The van der Waals surface area contributed by atoms with Crippen molar-refractivity contribution < 1.29 is 9.53 Å². The fourth-order valence-electron chi connectivity index (χ4n) is 3.48. The van der Waals surface area contributed by atoms with Crippen molar-refractivity contribution in [2.45, 2.75) is 51.6 Å². The number of rotatable bonds is 6. The Balaban J connectivity index is 1.85. The molecule has 2 rings (SSSR count). The van der Waals surface area contributed by atoms with Crippen molar-refractivity contribution >= 4 is 5.91 Å². The van der Waals surface area contributed by atoms with Crippen LogP contribution in [0.25, 0.3) is 0 Å². The van der Waals surface area contributed by atoms with E-state index in [1.807, 2.05) is 0 Å². The Morgan fingerprint density at radius 2 is 2.09 bits per heavy atom. The molecule has 0 aliphatic carbocycles. The van der Waals surface area contributed by atoms with Gasteiger partial charge in [-0.1, -0.05) is 12.8 Å². The normalized spacial score (nSPS) is 23.9. The van der Waals surface area contributed by atoms with Gasteiger partial charge < -0.3 is 9.64 Å². The first-order valence-electron chi connectivity index (χ1n) is 8.80. The molecule has 2 saturated heterocycles.